The van der Waals surface area contributed by atoms with E-state index >= 15 is 0 Å². The molecule has 2 aromatic rings. The van der Waals surface area contributed by atoms with Crippen molar-refractivity contribution in [1.29, 1.82) is 0 Å². The van der Waals surface area contributed by atoms with Crippen LogP contribution in [0.3, 0.4) is 0 Å². The average Bonchev–Trinajstić information content (AvgIpc) is 2.78. The topological polar surface area (TPSA) is 24.9 Å². The summed E-state index contributed by atoms with van der Waals surface area (Å²) in [4.78, 5) is 4.37. The number of nitrogens with one attached hydrogen (secondary N) is 1. The van der Waals surface area contributed by atoms with Crippen molar-refractivity contribution in [3.8, 4) is 11.3 Å². The minimum absolute atomic E-state index is 0.354. The van der Waals surface area contributed by atoms with Crippen LogP contribution in [-0.4, -0.2) is 18.6 Å². The zero-order chi connectivity index (χ0) is 13.0. The highest BCUT2D eigenvalue weighted by atomic mass is 32.1. The van der Waals surface area contributed by atoms with E-state index in [4.69, 9.17) is 0 Å². The molecule has 2 nitrogen and oxygen atoms in total. The molecule has 0 amide bonds. The van der Waals surface area contributed by atoms with E-state index in [2.05, 4.69) is 10.3 Å². The molecule has 1 aromatic carbocycles. The Hall–Kier alpha value is -1.33. The number of nitrogens with zero attached hydrogens (tertiary/aromatic N) is 1. The van der Waals surface area contributed by atoms with Crippen LogP contribution in [0.5, 0.6) is 0 Å². The summed E-state index contributed by atoms with van der Waals surface area (Å²) in [6, 6.07) is 3.56. The molecule has 0 unspecified atom stereocenters. The Morgan fingerprint density at radius 2 is 2.17 bits per heavy atom. The Bertz CT molecular complexity index is 525. The Morgan fingerprint density at radius 3 is 2.89 bits per heavy atom. The van der Waals surface area contributed by atoms with Gasteiger partial charge >= 0.3 is 0 Å². The lowest BCUT2D eigenvalue weighted by Gasteiger charge is -1.99. The van der Waals surface area contributed by atoms with Crippen molar-refractivity contribution in [3.63, 3.8) is 0 Å². The van der Waals surface area contributed by atoms with Crippen LogP contribution in [-0.2, 0) is 6.42 Å². The molecule has 5 heteroatoms. The minimum Gasteiger partial charge on any atom is -0.320 e. The van der Waals surface area contributed by atoms with E-state index in [-0.39, 0.29) is 0 Å². The molecule has 0 bridgehead atoms. The second kappa shape index (κ2) is 6.02. The fourth-order valence-electron chi connectivity index (χ4n) is 1.66. The van der Waals surface area contributed by atoms with Gasteiger partial charge in [-0.1, -0.05) is 0 Å². The first-order valence-corrected chi connectivity index (χ1v) is 6.63. The van der Waals surface area contributed by atoms with Crippen LogP contribution in [0.4, 0.5) is 8.78 Å². The summed E-state index contributed by atoms with van der Waals surface area (Å²) in [5.74, 6) is -1.14. The highest BCUT2D eigenvalue weighted by Crippen LogP contribution is 2.25. The quantitative estimate of drug-likeness (QED) is 0.842. The van der Waals surface area contributed by atoms with Gasteiger partial charge in [0.15, 0.2) is 0 Å². The fourth-order valence-corrected chi connectivity index (χ4v) is 2.50. The van der Waals surface area contributed by atoms with Crippen LogP contribution in [0.15, 0.2) is 23.6 Å². The summed E-state index contributed by atoms with van der Waals surface area (Å²) in [7, 11) is 1.90. The lowest BCUT2D eigenvalue weighted by atomic mass is 10.1. The van der Waals surface area contributed by atoms with Gasteiger partial charge in [0.05, 0.1) is 10.7 Å². The third-order valence-electron chi connectivity index (χ3n) is 2.58. The van der Waals surface area contributed by atoms with E-state index in [0.717, 1.165) is 30.5 Å². The summed E-state index contributed by atoms with van der Waals surface area (Å²) in [6.45, 7) is 0.930. The van der Waals surface area contributed by atoms with E-state index < -0.39 is 11.6 Å². The Labute approximate surface area is 109 Å². The molecule has 0 aliphatic heterocycles. The normalized spacial score (nSPS) is 10.8. The van der Waals surface area contributed by atoms with Crippen molar-refractivity contribution in [2.75, 3.05) is 13.6 Å². The maximum absolute atomic E-state index is 13.6. The van der Waals surface area contributed by atoms with Gasteiger partial charge in [-0.3, -0.25) is 0 Å². The third kappa shape index (κ3) is 3.11. The molecule has 0 fully saturated rings. The largest absolute Gasteiger partial charge is 0.320 e. The van der Waals surface area contributed by atoms with Gasteiger partial charge < -0.3 is 5.32 Å². The van der Waals surface area contributed by atoms with Gasteiger partial charge in [0.2, 0.25) is 0 Å². The zero-order valence-electron chi connectivity index (χ0n) is 10.0. The SMILES string of the molecule is CNCCCc1nc(-c2ccc(F)cc2F)cs1. The van der Waals surface area contributed by atoms with Gasteiger partial charge in [-0.05, 0) is 32.1 Å². The fraction of sp³-hybridized carbons (Fsp3) is 0.308. The second-order valence-electron chi connectivity index (χ2n) is 3.96. The van der Waals surface area contributed by atoms with Crippen LogP contribution >= 0.6 is 11.3 Å². The van der Waals surface area contributed by atoms with Crippen molar-refractivity contribution in [1.82, 2.24) is 10.3 Å². The molecular weight excluding hydrogens is 254 g/mol. The maximum atomic E-state index is 13.6. The van der Waals surface area contributed by atoms with Crippen LogP contribution < -0.4 is 5.32 Å². The number of aromatic nitrogens is 1. The number of rotatable bonds is 5. The predicted octanol–water partition coefficient (Wildman–Crippen LogP) is 3.24. The van der Waals surface area contributed by atoms with Gasteiger partial charge in [0.25, 0.3) is 0 Å². The molecule has 1 heterocycles. The monoisotopic (exact) mass is 268 g/mol. The molecule has 0 spiro atoms. The molecule has 1 aromatic heterocycles. The highest BCUT2D eigenvalue weighted by molar-refractivity contribution is 7.09. The van der Waals surface area contributed by atoms with Gasteiger partial charge in [0, 0.05) is 23.4 Å². The molecule has 2 rings (SSSR count). The molecule has 0 saturated heterocycles. The predicted molar refractivity (Wildman–Crippen MR) is 69.7 cm³/mol. The third-order valence-corrected chi connectivity index (χ3v) is 3.48. The van der Waals surface area contributed by atoms with Crippen molar-refractivity contribution in [2.45, 2.75) is 12.8 Å². The Balaban J connectivity index is 2.13. The lowest BCUT2D eigenvalue weighted by Crippen LogP contribution is -2.08. The summed E-state index contributed by atoms with van der Waals surface area (Å²) < 4.78 is 26.4. The molecule has 18 heavy (non-hydrogen) atoms. The van der Waals surface area contributed by atoms with Gasteiger partial charge in [0.1, 0.15) is 11.6 Å². The molecule has 1 N–H and O–H groups in total. The number of benzene rings is 1. The van der Waals surface area contributed by atoms with E-state index in [0.29, 0.717) is 11.3 Å². The first-order valence-electron chi connectivity index (χ1n) is 5.75. The molecule has 0 saturated carbocycles. The molecule has 0 aliphatic rings. The first-order chi connectivity index (χ1) is 8.70. The number of hydrogen-bond acceptors (Lipinski definition) is 3. The van der Waals surface area contributed by atoms with Gasteiger partial charge in [-0.2, -0.15) is 0 Å². The Morgan fingerprint density at radius 1 is 1.33 bits per heavy atom. The Kier molecular flexibility index (Phi) is 4.38. The van der Waals surface area contributed by atoms with Gasteiger partial charge in [-0.25, -0.2) is 13.8 Å². The molecule has 0 aliphatic carbocycles. The molecule has 0 atom stereocenters. The van der Waals surface area contributed by atoms with Crippen molar-refractivity contribution >= 4 is 11.3 Å². The zero-order valence-corrected chi connectivity index (χ0v) is 10.9. The van der Waals surface area contributed by atoms with E-state index in [1.54, 1.807) is 0 Å². The summed E-state index contributed by atoms with van der Waals surface area (Å²) in [5.41, 5.74) is 0.935. The van der Waals surface area contributed by atoms with Crippen molar-refractivity contribution in [2.24, 2.45) is 0 Å². The first kappa shape index (κ1) is 13.1. The standard InChI is InChI=1S/C13H14F2N2S/c1-16-6-2-3-13-17-12(8-18-13)10-5-4-9(14)7-11(10)15/h4-5,7-8,16H,2-3,6H2,1H3. The van der Waals surface area contributed by atoms with E-state index in [9.17, 15) is 8.78 Å². The summed E-state index contributed by atoms with van der Waals surface area (Å²) >= 11 is 1.51. The van der Waals surface area contributed by atoms with Gasteiger partial charge in [-0.15, -0.1) is 11.3 Å². The molecule has 96 valence electrons. The molecule has 0 radical (unpaired) electrons. The smallest absolute Gasteiger partial charge is 0.135 e. The van der Waals surface area contributed by atoms with Crippen molar-refractivity contribution in [3.05, 3.63) is 40.2 Å². The highest BCUT2D eigenvalue weighted by Gasteiger charge is 2.10. The minimum atomic E-state index is -0.569. The van der Waals surface area contributed by atoms with Crippen LogP contribution in [0.2, 0.25) is 0 Å². The summed E-state index contributed by atoms with van der Waals surface area (Å²) in [5, 5.41) is 5.85. The number of thiazole rings is 1. The van der Waals surface area contributed by atoms with Crippen molar-refractivity contribution < 1.29 is 8.78 Å². The van der Waals surface area contributed by atoms with E-state index in [1.807, 2.05) is 12.4 Å². The van der Waals surface area contributed by atoms with E-state index in [1.165, 1.54) is 23.5 Å². The van der Waals surface area contributed by atoms with Crippen LogP contribution in [0, 0.1) is 11.6 Å². The molecular formula is C13H14F2N2S. The summed E-state index contributed by atoms with van der Waals surface area (Å²) in [6.07, 6.45) is 1.86. The number of aryl methyl sites for hydroxylation is 1. The lowest BCUT2D eigenvalue weighted by molar-refractivity contribution is 0.585. The number of halogens is 2. The maximum Gasteiger partial charge on any atom is 0.135 e. The number of hydrogen-bond donors (Lipinski definition) is 1. The van der Waals surface area contributed by atoms with Crippen LogP contribution in [0.25, 0.3) is 11.3 Å². The second-order valence-corrected chi connectivity index (χ2v) is 4.90. The van der Waals surface area contributed by atoms with Crippen LogP contribution in [0.1, 0.15) is 11.4 Å². The average molecular weight is 268 g/mol.